The van der Waals surface area contributed by atoms with E-state index in [2.05, 4.69) is 63.1 Å². The van der Waals surface area contributed by atoms with Gasteiger partial charge in [0.2, 0.25) is 0 Å². The van der Waals surface area contributed by atoms with Gasteiger partial charge < -0.3 is 10.2 Å². The summed E-state index contributed by atoms with van der Waals surface area (Å²) in [7, 11) is 0. The van der Waals surface area contributed by atoms with Gasteiger partial charge in [0.15, 0.2) is 0 Å². The number of rotatable bonds is 6. The van der Waals surface area contributed by atoms with Crippen LogP contribution in [0.15, 0.2) is 41.4 Å². The van der Waals surface area contributed by atoms with Gasteiger partial charge in [0.1, 0.15) is 0 Å². The summed E-state index contributed by atoms with van der Waals surface area (Å²) in [6, 6.07) is 11.4. The van der Waals surface area contributed by atoms with E-state index >= 15 is 0 Å². The van der Waals surface area contributed by atoms with Crippen LogP contribution in [0.3, 0.4) is 0 Å². The van der Waals surface area contributed by atoms with Crippen LogP contribution in [0, 0.1) is 0 Å². The number of hydrogen-bond acceptors (Lipinski definition) is 2. The molecule has 19 heavy (non-hydrogen) atoms. The smallest absolute Gasteiger partial charge is 0.0268 e. The molecule has 0 aromatic heterocycles. The molecular formula is C16H23BrN2. The lowest BCUT2D eigenvalue weighted by atomic mass is 10.0. The second-order valence-corrected chi connectivity index (χ2v) is 6.37. The molecule has 1 fully saturated rings. The van der Waals surface area contributed by atoms with Gasteiger partial charge in [-0.05, 0) is 37.9 Å². The normalized spacial score (nSPS) is 17.5. The summed E-state index contributed by atoms with van der Waals surface area (Å²) in [5.41, 5.74) is 1.44. The Morgan fingerprint density at radius 1 is 1.26 bits per heavy atom. The predicted octanol–water partition coefficient (Wildman–Crippen LogP) is 3.19. The number of hydrogen-bond donors (Lipinski definition) is 1. The van der Waals surface area contributed by atoms with E-state index in [0.29, 0.717) is 6.04 Å². The monoisotopic (exact) mass is 322 g/mol. The van der Waals surface area contributed by atoms with Crippen LogP contribution in [-0.4, -0.2) is 37.1 Å². The van der Waals surface area contributed by atoms with Gasteiger partial charge in [-0.15, -0.1) is 0 Å². The third-order valence-electron chi connectivity index (χ3n) is 3.73. The molecule has 0 bridgehead atoms. The Bertz CT molecular complexity index is 383. The minimum absolute atomic E-state index is 0.655. The molecule has 0 atom stereocenters. The molecule has 0 spiro atoms. The Morgan fingerprint density at radius 2 is 1.95 bits per heavy atom. The minimum atomic E-state index is 0.655. The van der Waals surface area contributed by atoms with E-state index in [4.69, 9.17) is 0 Å². The van der Waals surface area contributed by atoms with Gasteiger partial charge in [-0.1, -0.05) is 52.8 Å². The van der Waals surface area contributed by atoms with Crippen LogP contribution in [-0.2, 0) is 6.42 Å². The van der Waals surface area contributed by atoms with Crippen molar-refractivity contribution in [1.29, 1.82) is 0 Å². The van der Waals surface area contributed by atoms with Crippen molar-refractivity contribution in [3.05, 3.63) is 47.0 Å². The van der Waals surface area contributed by atoms with Gasteiger partial charge in [-0.25, -0.2) is 0 Å². The maximum Gasteiger partial charge on any atom is 0.0268 e. The van der Waals surface area contributed by atoms with Crippen molar-refractivity contribution in [2.24, 2.45) is 0 Å². The van der Waals surface area contributed by atoms with Crippen LogP contribution < -0.4 is 5.32 Å². The van der Waals surface area contributed by atoms with Crippen molar-refractivity contribution in [2.75, 3.05) is 26.2 Å². The van der Waals surface area contributed by atoms with Crippen molar-refractivity contribution in [3.63, 3.8) is 0 Å². The van der Waals surface area contributed by atoms with Gasteiger partial charge in [0.05, 0.1) is 0 Å². The molecule has 0 amide bonds. The third kappa shape index (κ3) is 5.47. The number of nitrogens with one attached hydrogen (secondary N) is 1. The van der Waals surface area contributed by atoms with E-state index in [9.17, 15) is 0 Å². The second kappa shape index (κ2) is 7.83. The van der Waals surface area contributed by atoms with E-state index < -0.39 is 0 Å². The maximum atomic E-state index is 3.86. The van der Waals surface area contributed by atoms with E-state index in [-0.39, 0.29) is 0 Å². The Labute approximate surface area is 125 Å². The van der Waals surface area contributed by atoms with E-state index in [1.165, 1.54) is 38.0 Å². The highest BCUT2D eigenvalue weighted by Crippen LogP contribution is 2.12. The molecule has 0 unspecified atom stereocenters. The summed E-state index contributed by atoms with van der Waals surface area (Å²) < 4.78 is 1.04. The Morgan fingerprint density at radius 3 is 2.58 bits per heavy atom. The molecule has 1 aliphatic rings. The Balaban J connectivity index is 1.65. The minimum Gasteiger partial charge on any atom is -0.309 e. The van der Waals surface area contributed by atoms with Crippen molar-refractivity contribution in [1.82, 2.24) is 10.2 Å². The van der Waals surface area contributed by atoms with Crippen LogP contribution in [0.5, 0.6) is 0 Å². The molecule has 0 aliphatic carbocycles. The molecule has 1 saturated heterocycles. The number of benzene rings is 1. The van der Waals surface area contributed by atoms with Crippen molar-refractivity contribution in [2.45, 2.75) is 25.3 Å². The van der Waals surface area contributed by atoms with Gasteiger partial charge in [-0.2, -0.15) is 0 Å². The molecule has 1 aromatic rings. The number of nitrogens with zero attached hydrogens (tertiary/aromatic N) is 1. The lowest BCUT2D eigenvalue weighted by Gasteiger charge is -2.32. The highest BCUT2D eigenvalue weighted by Gasteiger charge is 2.18. The fourth-order valence-electron chi connectivity index (χ4n) is 2.55. The van der Waals surface area contributed by atoms with Crippen LogP contribution in [0.2, 0.25) is 0 Å². The first-order chi connectivity index (χ1) is 9.24. The first-order valence-corrected chi connectivity index (χ1v) is 7.86. The predicted molar refractivity (Wildman–Crippen MR) is 85.7 cm³/mol. The highest BCUT2D eigenvalue weighted by molar-refractivity contribution is 9.11. The third-order valence-corrected chi connectivity index (χ3v) is 4.01. The Kier molecular flexibility index (Phi) is 6.08. The maximum absolute atomic E-state index is 3.86. The van der Waals surface area contributed by atoms with Crippen molar-refractivity contribution in [3.8, 4) is 0 Å². The molecule has 104 valence electrons. The van der Waals surface area contributed by atoms with Gasteiger partial charge in [0, 0.05) is 23.6 Å². The molecule has 0 radical (unpaired) electrons. The van der Waals surface area contributed by atoms with Crippen LogP contribution in [0.1, 0.15) is 18.4 Å². The fraction of sp³-hybridized carbons (Fsp3) is 0.500. The summed E-state index contributed by atoms with van der Waals surface area (Å²) in [4.78, 5) is 2.58. The van der Waals surface area contributed by atoms with Crippen molar-refractivity contribution >= 4 is 15.9 Å². The molecule has 0 saturated carbocycles. The topological polar surface area (TPSA) is 15.3 Å². The number of likely N-dealkylation sites (tertiary alicyclic amines) is 1. The average Bonchev–Trinajstić information content (AvgIpc) is 2.45. The van der Waals surface area contributed by atoms with Gasteiger partial charge in [-0.3, -0.25) is 0 Å². The Hall–Kier alpha value is -0.640. The zero-order valence-corrected chi connectivity index (χ0v) is 13.0. The van der Waals surface area contributed by atoms with E-state index in [1.807, 2.05) is 0 Å². The second-order valence-electron chi connectivity index (χ2n) is 5.25. The van der Waals surface area contributed by atoms with E-state index in [1.54, 1.807) is 0 Å². The van der Waals surface area contributed by atoms with Crippen LogP contribution in [0.4, 0.5) is 0 Å². The fourth-order valence-corrected chi connectivity index (χ4v) is 2.71. The molecule has 3 heteroatoms. The highest BCUT2D eigenvalue weighted by atomic mass is 79.9. The van der Waals surface area contributed by atoms with Gasteiger partial charge >= 0.3 is 0 Å². The average molecular weight is 323 g/mol. The first kappa shape index (κ1) is 14.8. The number of halogens is 1. The largest absolute Gasteiger partial charge is 0.309 e. The van der Waals surface area contributed by atoms with Crippen LogP contribution >= 0.6 is 15.9 Å². The van der Waals surface area contributed by atoms with E-state index in [0.717, 1.165) is 17.4 Å². The standard InChI is InChI=1S/C16H23BrN2/c1-14(17)13-18-16-8-11-19(12-9-16)10-7-15-5-3-2-4-6-15/h2-6,16,18H,1,7-13H2. The summed E-state index contributed by atoms with van der Waals surface area (Å²) in [6.07, 6.45) is 3.65. The zero-order chi connectivity index (χ0) is 13.5. The molecule has 2 rings (SSSR count). The molecule has 2 nitrogen and oxygen atoms in total. The summed E-state index contributed by atoms with van der Waals surface area (Å²) in [5, 5.41) is 3.54. The zero-order valence-electron chi connectivity index (χ0n) is 11.4. The quantitative estimate of drug-likeness (QED) is 0.865. The first-order valence-electron chi connectivity index (χ1n) is 7.07. The summed E-state index contributed by atoms with van der Waals surface area (Å²) >= 11 is 3.40. The molecule has 1 aliphatic heterocycles. The molecule has 1 aromatic carbocycles. The van der Waals surface area contributed by atoms with Gasteiger partial charge in [0.25, 0.3) is 0 Å². The number of piperidine rings is 1. The lowest BCUT2D eigenvalue weighted by molar-refractivity contribution is 0.202. The summed E-state index contributed by atoms with van der Waals surface area (Å²) in [5.74, 6) is 0. The van der Waals surface area contributed by atoms with Crippen LogP contribution in [0.25, 0.3) is 0 Å². The summed E-state index contributed by atoms with van der Waals surface area (Å²) in [6.45, 7) is 8.34. The molecular weight excluding hydrogens is 300 g/mol. The lowest BCUT2D eigenvalue weighted by Crippen LogP contribution is -2.43. The molecule has 1 N–H and O–H groups in total. The SMILES string of the molecule is C=C(Br)CNC1CCN(CCc2ccccc2)CC1. The van der Waals surface area contributed by atoms with Crippen molar-refractivity contribution < 1.29 is 0 Å². The molecule has 1 heterocycles.